The molecule has 0 radical (unpaired) electrons. The number of hydrogen-bond acceptors (Lipinski definition) is 6. The molecule has 2 aromatic rings. The highest BCUT2D eigenvalue weighted by Crippen LogP contribution is 2.35. The van der Waals surface area contributed by atoms with Crippen LogP contribution in [0.25, 0.3) is 10.2 Å². The van der Waals surface area contributed by atoms with Crippen molar-refractivity contribution in [3.05, 3.63) is 16.8 Å². The SMILES string of the molecule is Cc1nc(N2CCC(C(=O)NCC(C)(C)CN(C)C)CC2)c2c(CC(C)C)csc2n1. The highest BCUT2D eigenvalue weighted by molar-refractivity contribution is 7.17. The Kier molecular flexibility index (Phi) is 7.58. The van der Waals surface area contributed by atoms with E-state index in [0.29, 0.717) is 12.5 Å². The summed E-state index contributed by atoms with van der Waals surface area (Å²) in [6.07, 6.45) is 2.78. The summed E-state index contributed by atoms with van der Waals surface area (Å²) in [6.45, 7) is 14.3. The van der Waals surface area contributed by atoms with E-state index in [1.54, 1.807) is 11.3 Å². The van der Waals surface area contributed by atoms with Gasteiger partial charge in [-0.2, -0.15) is 0 Å². The zero-order chi connectivity index (χ0) is 22.8. The molecule has 1 fully saturated rings. The standard InChI is InChI=1S/C24H39N5OS/c1-16(2)12-19-13-31-23-20(19)21(26-17(3)27-23)29-10-8-18(9-11-29)22(30)25-14-24(4,5)15-28(6)7/h13,16,18H,8-12,14-15H2,1-7H3,(H,25,30). The van der Waals surface area contributed by atoms with Gasteiger partial charge in [-0.3, -0.25) is 4.79 Å². The van der Waals surface area contributed by atoms with Gasteiger partial charge in [0.2, 0.25) is 5.91 Å². The second-order valence-electron chi connectivity index (χ2n) is 10.5. The lowest BCUT2D eigenvalue weighted by Gasteiger charge is -2.34. The van der Waals surface area contributed by atoms with E-state index in [0.717, 1.165) is 55.4 Å². The third-order valence-electron chi connectivity index (χ3n) is 5.88. The van der Waals surface area contributed by atoms with Gasteiger partial charge in [0.1, 0.15) is 16.5 Å². The van der Waals surface area contributed by atoms with Crippen molar-refractivity contribution in [2.75, 3.05) is 45.2 Å². The molecular formula is C24H39N5OS. The molecule has 172 valence electrons. The van der Waals surface area contributed by atoms with Crippen LogP contribution in [0.4, 0.5) is 5.82 Å². The first kappa shape index (κ1) is 23.9. The van der Waals surface area contributed by atoms with Crippen molar-refractivity contribution in [1.29, 1.82) is 0 Å². The average Bonchev–Trinajstić information content (AvgIpc) is 3.06. The van der Waals surface area contributed by atoms with Crippen LogP contribution in [0, 0.1) is 24.2 Å². The van der Waals surface area contributed by atoms with Crippen LogP contribution in [0.1, 0.15) is 51.9 Å². The fourth-order valence-electron chi connectivity index (χ4n) is 4.64. The summed E-state index contributed by atoms with van der Waals surface area (Å²) in [4.78, 5) is 28.0. The fourth-order valence-corrected chi connectivity index (χ4v) is 5.63. The van der Waals surface area contributed by atoms with E-state index >= 15 is 0 Å². The number of aryl methyl sites for hydroxylation is 1. The molecular weight excluding hydrogens is 406 g/mol. The molecule has 0 bridgehead atoms. The Bertz CT molecular complexity index is 897. The molecule has 0 unspecified atom stereocenters. The molecule has 1 aliphatic rings. The van der Waals surface area contributed by atoms with Crippen LogP contribution in [0.3, 0.4) is 0 Å². The van der Waals surface area contributed by atoms with E-state index in [1.165, 1.54) is 10.9 Å². The molecule has 1 N–H and O–H groups in total. The van der Waals surface area contributed by atoms with E-state index in [1.807, 2.05) is 6.92 Å². The maximum Gasteiger partial charge on any atom is 0.223 e. The molecule has 3 rings (SSSR count). The number of carbonyl (C=O) groups is 1. The number of hydrogen-bond donors (Lipinski definition) is 1. The predicted molar refractivity (Wildman–Crippen MR) is 131 cm³/mol. The zero-order valence-electron chi connectivity index (χ0n) is 20.3. The van der Waals surface area contributed by atoms with Gasteiger partial charge >= 0.3 is 0 Å². The number of piperidine rings is 1. The monoisotopic (exact) mass is 445 g/mol. The van der Waals surface area contributed by atoms with Gasteiger partial charge in [-0.05, 0) is 62.6 Å². The Labute approximate surface area is 191 Å². The van der Waals surface area contributed by atoms with Gasteiger partial charge in [0, 0.05) is 32.1 Å². The molecule has 0 spiro atoms. The molecule has 0 aromatic carbocycles. The number of aromatic nitrogens is 2. The van der Waals surface area contributed by atoms with Crippen molar-refractivity contribution >= 4 is 33.3 Å². The lowest BCUT2D eigenvalue weighted by atomic mass is 9.91. The molecule has 7 heteroatoms. The largest absolute Gasteiger partial charge is 0.356 e. The number of nitrogens with one attached hydrogen (secondary N) is 1. The van der Waals surface area contributed by atoms with Crippen molar-refractivity contribution in [2.45, 2.75) is 53.9 Å². The second-order valence-corrected chi connectivity index (χ2v) is 11.4. The number of carbonyl (C=O) groups excluding carboxylic acids is 1. The second kappa shape index (κ2) is 9.82. The van der Waals surface area contributed by atoms with Gasteiger partial charge < -0.3 is 15.1 Å². The van der Waals surface area contributed by atoms with Gasteiger partial charge in [-0.15, -0.1) is 11.3 Å². The lowest BCUT2D eigenvalue weighted by Crippen LogP contribution is -2.45. The first-order valence-corrected chi connectivity index (χ1v) is 12.4. The first-order valence-electron chi connectivity index (χ1n) is 11.5. The number of amides is 1. The van der Waals surface area contributed by atoms with Crippen molar-refractivity contribution in [1.82, 2.24) is 20.2 Å². The van der Waals surface area contributed by atoms with E-state index < -0.39 is 0 Å². The van der Waals surface area contributed by atoms with Gasteiger partial charge in [0.15, 0.2) is 0 Å². The number of thiophene rings is 1. The van der Waals surface area contributed by atoms with E-state index in [-0.39, 0.29) is 17.2 Å². The summed E-state index contributed by atoms with van der Waals surface area (Å²) in [5.41, 5.74) is 1.42. The molecule has 2 aromatic heterocycles. The third-order valence-corrected chi connectivity index (χ3v) is 6.80. The Morgan fingerprint density at radius 1 is 1.29 bits per heavy atom. The normalized spacial score (nSPS) is 16.0. The quantitative estimate of drug-likeness (QED) is 0.662. The molecule has 3 heterocycles. The van der Waals surface area contributed by atoms with Crippen LogP contribution in [0.2, 0.25) is 0 Å². The van der Waals surface area contributed by atoms with Crippen LogP contribution in [-0.4, -0.2) is 61.0 Å². The van der Waals surface area contributed by atoms with Crippen LogP contribution in [0.5, 0.6) is 0 Å². The molecule has 1 amide bonds. The summed E-state index contributed by atoms with van der Waals surface area (Å²) < 4.78 is 0. The summed E-state index contributed by atoms with van der Waals surface area (Å²) >= 11 is 1.72. The van der Waals surface area contributed by atoms with Crippen LogP contribution < -0.4 is 10.2 Å². The molecule has 0 saturated carbocycles. The van der Waals surface area contributed by atoms with E-state index in [4.69, 9.17) is 4.98 Å². The van der Waals surface area contributed by atoms with E-state index in [9.17, 15) is 4.79 Å². The summed E-state index contributed by atoms with van der Waals surface area (Å²) in [7, 11) is 4.15. The highest BCUT2D eigenvalue weighted by atomic mass is 32.1. The fraction of sp³-hybridized carbons (Fsp3) is 0.708. The van der Waals surface area contributed by atoms with Crippen molar-refractivity contribution in [2.24, 2.45) is 17.3 Å². The topological polar surface area (TPSA) is 61.4 Å². The number of fused-ring (bicyclic) bond motifs is 1. The zero-order valence-corrected chi connectivity index (χ0v) is 21.1. The van der Waals surface area contributed by atoms with Crippen molar-refractivity contribution in [3.8, 4) is 0 Å². The third kappa shape index (κ3) is 6.16. The summed E-state index contributed by atoms with van der Waals surface area (Å²) in [6, 6.07) is 0. The average molecular weight is 446 g/mol. The number of nitrogens with zero attached hydrogens (tertiary/aromatic N) is 4. The smallest absolute Gasteiger partial charge is 0.223 e. The van der Waals surface area contributed by atoms with Gasteiger partial charge in [-0.25, -0.2) is 9.97 Å². The lowest BCUT2D eigenvalue weighted by molar-refractivity contribution is -0.126. The first-order chi connectivity index (χ1) is 14.6. The predicted octanol–water partition coefficient (Wildman–Crippen LogP) is 4.12. The van der Waals surface area contributed by atoms with Gasteiger partial charge in [0.25, 0.3) is 0 Å². The minimum absolute atomic E-state index is 0.0652. The summed E-state index contributed by atoms with van der Waals surface area (Å²) in [5, 5.41) is 6.68. The molecule has 31 heavy (non-hydrogen) atoms. The maximum atomic E-state index is 12.8. The molecule has 1 aliphatic heterocycles. The van der Waals surface area contributed by atoms with Crippen LogP contribution >= 0.6 is 11.3 Å². The summed E-state index contributed by atoms with van der Waals surface area (Å²) in [5.74, 6) is 2.76. The van der Waals surface area contributed by atoms with E-state index in [2.05, 4.69) is 67.3 Å². The molecule has 6 nitrogen and oxygen atoms in total. The Morgan fingerprint density at radius 2 is 1.97 bits per heavy atom. The Balaban J connectivity index is 1.66. The maximum absolute atomic E-state index is 12.8. The van der Waals surface area contributed by atoms with Gasteiger partial charge in [0.05, 0.1) is 5.39 Å². The molecule has 0 aliphatic carbocycles. The highest BCUT2D eigenvalue weighted by Gasteiger charge is 2.29. The molecule has 1 saturated heterocycles. The minimum atomic E-state index is 0.0652. The van der Waals surface area contributed by atoms with Crippen molar-refractivity contribution in [3.63, 3.8) is 0 Å². The van der Waals surface area contributed by atoms with Crippen LogP contribution in [0.15, 0.2) is 5.38 Å². The Morgan fingerprint density at radius 3 is 2.58 bits per heavy atom. The van der Waals surface area contributed by atoms with Gasteiger partial charge in [-0.1, -0.05) is 27.7 Å². The van der Waals surface area contributed by atoms with Crippen molar-refractivity contribution < 1.29 is 4.79 Å². The number of rotatable bonds is 8. The number of anilines is 1. The Hall–Kier alpha value is -1.73. The van der Waals surface area contributed by atoms with Crippen LogP contribution in [-0.2, 0) is 11.2 Å². The minimum Gasteiger partial charge on any atom is -0.356 e. The molecule has 0 atom stereocenters.